The summed E-state index contributed by atoms with van der Waals surface area (Å²) in [6.07, 6.45) is 7.32. The first-order valence-electron chi connectivity index (χ1n) is 6.60. The average molecular weight is 265 g/mol. The molecule has 1 nitrogen and oxygen atoms in total. The minimum absolute atomic E-state index is 0.697. The van der Waals surface area contributed by atoms with Gasteiger partial charge in [-0.15, -0.1) is 0 Å². The number of hydrogen-bond acceptors (Lipinski definition) is 1. The Hall–Kier alpha value is -1.13. The fourth-order valence-electron chi connectivity index (χ4n) is 1.75. The summed E-state index contributed by atoms with van der Waals surface area (Å²) in [5.41, 5.74) is 0.874. The second kappa shape index (κ2) is 8.89. The Morgan fingerprint density at radius 1 is 1.17 bits per heavy atom. The van der Waals surface area contributed by atoms with Gasteiger partial charge in [0.05, 0.1) is 12.7 Å². The van der Waals surface area contributed by atoms with Crippen molar-refractivity contribution in [2.75, 3.05) is 7.11 Å². The van der Waals surface area contributed by atoms with E-state index in [1.54, 1.807) is 7.11 Å². The molecule has 0 unspecified atom stereocenters. The molecule has 0 saturated heterocycles. The molecule has 0 radical (unpaired) electrons. The van der Waals surface area contributed by atoms with Crippen LogP contribution in [0.3, 0.4) is 0 Å². The van der Waals surface area contributed by atoms with Gasteiger partial charge in [0.2, 0.25) is 0 Å². The lowest BCUT2D eigenvalue weighted by Crippen LogP contribution is -1.87. The Morgan fingerprint density at radius 3 is 2.67 bits per heavy atom. The molecule has 0 aliphatic rings. The molecule has 1 aromatic carbocycles. The summed E-state index contributed by atoms with van der Waals surface area (Å²) in [6.45, 7) is 2.23. The van der Waals surface area contributed by atoms with Crippen LogP contribution in [-0.2, 0) is 0 Å². The topological polar surface area (TPSA) is 9.23 Å². The maximum absolute atomic E-state index is 5.95. The molecular formula is C16H21ClO. The second-order valence-corrected chi connectivity index (χ2v) is 4.75. The highest BCUT2D eigenvalue weighted by atomic mass is 35.5. The molecule has 0 aromatic heterocycles. The molecule has 1 aromatic rings. The molecule has 0 fully saturated rings. The first kappa shape index (κ1) is 14.9. The third-order valence-corrected chi connectivity index (χ3v) is 3.03. The van der Waals surface area contributed by atoms with Gasteiger partial charge in [-0.2, -0.15) is 0 Å². The van der Waals surface area contributed by atoms with E-state index in [1.807, 2.05) is 18.2 Å². The lowest BCUT2D eigenvalue weighted by atomic mass is 10.1. The normalized spacial score (nSPS) is 9.72. The number of methoxy groups -OCH3 is 1. The largest absolute Gasteiger partial charge is 0.495 e. The molecular weight excluding hydrogens is 244 g/mol. The molecule has 0 spiro atoms. The van der Waals surface area contributed by atoms with Crippen LogP contribution in [0.15, 0.2) is 18.2 Å². The van der Waals surface area contributed by atoms with Gasteiger partial charge in [-0.25, -0.2) is 0 Å². The zero-order valence-corrected chi connectivity index (χ0v) is 12.0. The first-order chi connectivity index (χ1) is 8.77. The molecule has 18 heavy (non-hydrogen) atoms. The van der Waals surface area contributed by atoms with E-state index in [2.05, 4.69) is 18.8 Å². The van der Waals surface area contributed by atoms with E-state index in [4.69, 9.17) is 16.3 Å². The van der Waals surface area contributed by atoms with Gasteiger partial charge in [0.15, 0.2) is 0 Å². The van der Waals surface area contributed by atoms with E-state index < -0.39 is 0 Å². The molecule has 0 aliphatic carbocycles. The van der Waals surface area contributed by atoms with Crippen molar-refractivity contribution in [2.45, 2.75) is 45.4 Å². The van der Waals surface area contributed by atoms with E-state index in [1.165, 1.54) is 32.1 Å². The van der Waals surface area contributed by atoms with Crippen molar-refractivity contribution >= 4 is 11.6 Å². The van der Waals surface area contributed by atoms with Crippen LogP contribution >= 0.6 is 11.6 Å². The number of ether oxygens (including phenoxy) is 1. The lowest BCUT2D eigenvalue weighted by molar-refractivity contribution is 0.413. The zero-order chi connectivity index (χ0) is 13.2. The van der Waals surface area contributed by atoms with Crippen LogP contribution in [0, 0.1) is 11.8 Å². The maximum Gasteiger partial charge on any atom is 0.134 e. The van der Waals surface area contributed by atoms with Crippen molar-refractivity contribution in [3.05, 3.63) is 28.8 Å². The monoisotopic (exact) mass is 264 g/mol. The van der Waals surface area contributed by atoms with E-state index in [-0.39, 0.29) is 0 Å². The molecule has 0 saturated carbocycles. The van der Waals surface area contributed by atoms with Crippen LogP contribution in [0.5, 0.6) is 5.75 Å². The second-order valence-electron chi connectivity index (χ2n) is 4.31. The van der Waals surface area contributed by atoms with E-state index in [0.717, 1.165) is 17.7 Å². The predicted octanol–water partition coefficient (Wildman–Crippen LogP) is 5.06. The van der Waals surface area contributed by atoms with Gasteiger partial charge >= 0.3 is 0 Å². The molecule has 0 N–H and O–H groups in total. The standard InChI is InChI=1S/C16H21ClO/c1-3-4-5-6-7-8-9-10-14-13-15(17)11-12-16(14)18-2/h11-13H,3-8H2,1-2H3. The highest BCUT2D eigenvalue weighted by molar-refractivity contribution is 6.30. The molecule has 0 heterocycles. The van der Waals surface area contributed by atoms with Crippen molar-refractivity contribution in [1.82, 2.24) is 0 Å². The Morgan fingerprint density at radius 2 is 1.94 bits per heavy atom. The third kappa shape index (κ3) is 5.47. The summed E-state index contributed by atoms with van der Waals surface area (Å²) >= 11 is 5.95. The maximum atomic E-state index is 5.95. The molecule has 1 rings (SSSR count). The van der Waals surface area contributed by atoms with Crippen molar-refractivity contribution in [3.63, 3.8) is 0 Å². The molecule has 0 aliphatic heterocycles. The first-order valence-corrected chi connectivity index (χ1v) is 6.98. The number of unbranched alkanes of at least 4 members (excludes halogenated alkanes) is 5. The predicted molar refractivity (Wildman–Crippen MR) is 78.3 cm³/mol. The molecule has 0 amide bonds. The zero-order valence-electron chi connectivity index (χ0n) is 11.3. The summed E-state index contributed by atoms with van der Waals surface area (Å²) in [7, 11) is 1.65. The summed E-state index contributed by atoms with van der Waals surface area (Å²) in [6, 6.07) is 5.52. The van der Waals surface area contributed by atoms with Crippen LogP contribution in [0.2, 0.25) is 5.02 Å². The highest BCUT2D eigenvalue weighted by Crippen LogP contribution is 2.21. The number of hydrogen-bond donors (Lipinski definition) is 0. The van der Waals surface area contributed by atoms with Crippen molar-refractivity contribution in [2.24, 2.45) is 0 Å². The molecule has 2 heteroatoms. The van der Waals surface area contributed by atoms with Gasteiger partial charge in [-0.3, -0.25) is 0 Å². The molecule has 98 valence electrons. The van der Waals surface area contributed by atoms with E-state index >= 15 is 0 Å². The summed E-state index contributed by atoms with van der Waals surface area (Å²) < 4.78 is 5.25. The Labute approximate surface area is 115 Å². The van der Waals surface area contributed by atoms with Gasteiger partial charge in [0.1, 0.15) is 5.75 Å². The van der Waals surface area contributed by atoms with Gasteiger partial charge < -0.3 is 4.74 Å². The van der Waals surface area contributed by atoms with Crippen molar-refractivity contribution in [3.8, 4) is 17.6 Å². The van der Waals surface area contributed by atoms with Crippen LogP contribution in [-0.4, -0.2) is 7.11 Å². The quantitative estimate of drug-likeness (QED) is 0.515. The summed E-state index contributed by atoms with van der Waals surface area (Å²) in [5.74, 6) is 7.12. The van der Waals surface area contributed by atoms with Crippen molar-refractivity contribution < 1.29 is 4.74 Å². The van der Waals surface area contributed by atoms with Gasteiger partial charge in [0.25, 0.3) is 0 Å². The number of halogens is 1. The molecule has 0 atom stereocenters. The summed E-state index contributed by atoms with van der Waals surface area (Å²) in [5, 5.41) is 0.697. The summed E-state index contributed by atoms with van der Waals surface area (Å²) in [4.78, 5) is 0. The average Bonchev–Trinajstić information content (AvgIpc) is 2.38. The van der Waals surface area contributed by atoms with Crippen LogP contribution in [0.25, 0.3) is 0 Å². The Balaban J connectivity index is 2.44. The van der Waals surface area contributed by atoms with Crippen molar-refractivity contribution in [1.29, 1.82) is 0 Å². The fraction of sp³-hybridized carbons (Fsp3) is 0.500. The minimum atomic E-state index is 0.697. The van der Waals surface area contributed by atoms with E-state index in [0.29, 0.717) is 5.02 Å². The SMILES string of the molecule is CCCCCCCC#Cc1cc(Cl)ccc1OC. The van der Waals surface area contributed by atoms with Crippen LogP contribution in [0.1, 0.15) is 51.0 Å². The highest BCUT2D eigenvalue weighted by Gasteiger charge is 1.99. The Kier molecular flexibility index (Phi) is 7.37. The smallest absolute Gasteiger partial charge is 0.134 e. The Bertz CT molecular complexity index is 415. The number of benzene rings is 1. The number of rotatable bonds is 6. The lowest BCUT2D eigenvalue weighted by Gasteiger charge is -2.02. The minimum Gasteiger partial charge on any atom is -0.495 e. The third-order valence-electron chi connectivity index (χ3n) is 2.79. The van der Waals surface area contributed by atoms with Gasteiger partial charge in [-0.05, 0) is 24.6 Å². The van der Waals surface area contributed by atoms with E-state index in [9.17, 15) is 0 Å². The molecule has 0 bridgehead atoms. The fourth-order valence-corrected chi connectivity index (χ4v) is 1.92. The van der Waals surface area contributed by atoms with Crippen LogP contribution < -0.4 is 4.74 Å². The van der Waals surface area contributed by atoms with Gasteiger partial charge in [-0.1, -0.05) is 56.0 Å². The van der Waals surface area contributed by atoms with Crippen LogP contribution in [0.4, 0.5) is 0 Å². The van der Waals surface area contributed by atoms with Gasteiger partial charge in [0, 0.05) is 11.4 Å².